The molecule has 6 heteroatoms. The van der Waals surface area contributed by atoms with Crippen LogP contribution in [0, 0.1) is 11.7 Å². The van der Waals surface area contributed by atoms with Crippen LogP contribution in [0.15, 0.2) is 18.2 Å². The zero-order valence-electron chi connectivity index (χ0n) is 13.6. The zero-order valence-corrected chi connectivity index (χ0v) is 13.6. The molecule has 1 aromatic rings. The number of carbonyl (C=O) groups excluding carboxylic acids is 2. The molecule has 1 fully saturated rings. The Balaban J connectivity index is 2.01. The maximum absolute atomic E-state index is 14.2. The SMILES string of the molecule is CCNC(=O)C1CCCN(Cc2ccc(C(=O)OC)cc2F)C1. The lowest BCUT2D eigenvalue weighted by Crippen LogP contribution is -2.42. The van der Waals surface area contributed by atoms with E-state index < -0.39 is 11.8 Å². The second kappa shape index (κ2) is 8.06. The lowest BCUT2D eigenvalue weighted by atomic mass is 9.96. The summed E-state index contributed by atoms with van der Waals surface area (Å²) in [5.74, 6) is -0.947. The molecule has 1 aromatic carbocycles. The summed E-state index contributed by atoms with van der Waals surface area (Å²) in [7, 11) is 1.27. The molecule has 0 spiro atoms. The summed E-state index contributed by atoms with van der Waals surface area (Å²) in [5.41, 5.74) is 0.724. The van der Waals surface area contributed by atoms with Gasteiger partial charge in [-0.2, -0.15) is 0 Å². The Morgan fingerprint density at radius 1 is 1.43 bits per heavy atom. The summed E-state index contributed by atoms with van der Waals surface area (Å²) in [6.45, 7) is 4.43. The molecule has 1 amide bonds. The largest absolute Gasteiger partial charge is 0.465 e. The lowest BCUT2D eigenvalue weighted by molar-refractivity contribution is -0.126. The number of likely N-dealkylation sites (tertiary alicyclic amines) is 1. The van der Waals surface area contributed by atoms with Crippen molar-refractivity contribution in [2.75, 3.05) is 26.7 Å². The van der Waals surface area contributed by atoms with Crippen molar-refractivity contribution in [2.24, 2.45) is 5.92 Å². The van der Waals surface area contributed by atoms with E-state index in [0.29, 0.717) is 25.2 Å². The fourth-order valence-electron chi connectivity index (χ4n) is 2.89. The molecule has 1 aliphatic heterocycles. The average molecular weight is 322 g/mol. The van der Waals surface area contributed by atoms with Gasteiger partial charge in [-0.05, 0) is 38.4 Å². The molecular formula is C17H23FN2O3. The molecule has 126 valence electrons. The van der Waals surface area contributed by atoms with Gasteiger partial charge >= 0.3 is 5.97 Å². The van der Waals surface area contributed by atoms with Crippen molar-refractivity contribution in [1.29, 1.82) is 0 Å². The van der Waals surface area contributed by atoms with Crippen LogP contribution in [-0.2, 0) is 16.1 Å². The summed E-state index contributed by atoms with van der Waals surface area (Å²) >= 11 is 0. The molecule has 1 N–H and O–H groups in total. The van der Waals surface area contributed by atoms with Gasteiger partial charge in [0.2, 0.25) is 5.91 Å². The van der Waals surface area contributed by atoms with E-state index in [1.807, 2.05) is 6.92 Å². The van der Waals surface area contributed by atoms with Crippen molar-refractivity contribution in [1.82, 2.24) is 10.2 Å². The van der Waals surface area contributed by atoms with Crippen LogP contribution in [0.4, 0.5) is 4.39 Å². The van der Waals surface area contributed by atoms with E-state index in [0.717, 1.165) is 19.4 Å². The molecule has 23 heavy (non-hydrogen) atoms. The number of hydrogen-bond acceptors (Lipinski definition) is 4. The summed E-state index contributed by atoms with van der Waals surface area (Å²) < 4.78 is 18.7. The molecular weight excluding hydrogens is 299 g/mol. The predicted octanol–water partition coefficient (Wildman–Crippen LogP) is 1.96. The number of methoxy groups -OCH3 is 1. The van der Waals surface area contributed by atoms with Crippen molar-refractivity contribution in [3.63, 3.8) is 0 Å². The number of hydrogen-bond donors (Lipinski definition) is 1. The van der Waals surface area contributed by atoms with Gasteiger partial charge < -0.3 is 10.1 Å². The highest BCUT2D eigenvalue weighted by molar-refractivity contribution is 5.89. The third-order valence-electron chi connectivity index (χ3n) is 4.10. The van der Waals surface area contributed by atoms with Crippen LogP contribution in [0.5, 0.6) is 0 Å². The van der Waals surface area contributed by atoms with Gasteiger partial charge in [-0.1, -0.05) is 6.07 Å². The minimum absolute atomic E-state index is 0.0406. The Hall–Kier alpha value is -1.95. The van der Waals surface area contributed by atoms with Crippen LogP contribution >= 0.6 is 0 Å². The van der Waals surface area contributed by atoms with Gasteiger partial charge in [0.05, 0.1) is 18.6 Å². The first-order valence-corrected chi connectivity index (χ1v) is 7.92. The van der Waals surface area contributed by atoms with Gasteiger partial charge in [0.25, 0.3) is 0 Å². The normalized spacial score (nSPS) is 18.5. The Morgan fingerprint density at radius 2 is 2.22 bits per heavy atom. The van der Waals surface area contributed by atoms with Crippen LogP contribution in [0.1, 0.15) is 35.7 Å². The van der Waals surface area contributed by atoms with E-state index in [1.165, 1.54) is 13.2 Å². The number of halogens is 1. The number of rotatable bonds is 5. The van der Waals surface area contributed by atoms with Gasteiger partial charge in [-0.15, -0.1) is 0 Å². The van der Waals surface area contributed by atoms with E-state index >= 15 is 0 Å². The summed E-state index contributed by atoms with van der Waals surface area (Å²) in [5, 5.41) is 2.85. The number of amides is 1. The fraction of sp³-hybridized carbons (Fsp3) is 0.529. The highest BCUT2D eigenvalue weighted by Crippen LogP contribution is 2.20. The third kappa shape index (κ3) is 4.51. The van der Waals surface area contributed by atoms with E-state index in [4.69, 9.17) is 0 Å². The number of nitrogens with zero attached hydrogens (tertiary/aromatic N) is 1. The Labute approximate surface area is 135 Å². The summed E-state index contributed by atoms with van der Waals surface area (Å²) in [4.78, 5) is 25.4. The number of carbonyl (C=O) groups is 2. The lowest BCUT2D eigenvalue weighted by Gasteiger charge is -2.32. The Kier molecular flexibility index (Phi) is 6.10. The summed E-state index contributed by atoms with van der Waals surface area (Å²) in [6.07, 6.45) is 1.79. The number of ether oxygens (including phenoxy) is 1. The average Bonchev–Trinajstić information content (AvgIpc) is 2.56. The van der Waals surface area contributed by atoms with Crippen LogP contribution in [0.2, 0.25) is 0 Å². The van der Waals surface area contributed by atoms with Crippen molar-refractivity contribution < 1.29 is 18.7 Å². The van der Waals surface area contributed by atoms with Crippen molar-refractivity contribution in [2.45, 2.75) is 26.3 Å². The van der Waals surface area contributed by atoms with Crippen molar-refractivity contribution >= 4 is 11.9 Å². The monoisotopic (exact) mass is 322 g/mol. The fourth-order valence-corrected chi connectivity index (χ4v) is 2.89. The molecule has 1 aliphatic rings. The number of benzene rings is 1. The summed E-state index contributed by atoms with van der Waals surface area (Å²) in [6, 6.07) is 4.37. The Morgan fingerprint density at radius 3 is 2.87 bits per heavy atom. The maximum Gasteiger partial charge on any atom is 0.337 e. The van der Waals surface area contributed by atoms with E-state index in [1.54, 1.807) is 12.1 Å². The number of piperidine rings is 1. The van der Waals surface area contributed by atoms with E-state index in [2.05, 4.69) is 15.0 Å². The second-order valence-corrected chi connectivity index (χ2v) is 5.77. The van der Waals surface area contributed by atoms with E-state index in [9.17, 15) is 14.0 Å². The van der Waals surface area contributed by atoms with Crippen molar-refractivity contribution in [3.8, 4) is 0 Å². The first kappa shape index (κ1) is 17.4. The highest BCUT2D eigenvalue weighted by Gasteiger charge is 2.25. The second-order valence-electron chi connectivity index (χ2n) is 5.77. The topological polar surface area (TPSA) is 58.6 Å². The van der Waals surface area contributed by atoms with Crippen molar-refractivity contribution in [3.05, 3.63) is 35.1 Å². The molecule has 0 radical (unpaired) electrons. The number of nitrogens with one attached hydrogen (secondary N) is 1. The predicted molar refractivity (Wildman–Crippen MR) is 84.4 cm³/mol. The third-order valence-corrected chi connectivity index (χ3v) is 4.10. The Bertz CT molecular complexity index is 577. The van der Waals surface area contributed by atoms with Crippen LogP contribution in [-0.4, -0.2) is 43.5 Å². The van der Waals surface area contributed by atoms with Crippen LogP contribution in [0.3, 0.4) is 0 Å². The first-order chi connectivity index (χ1) is 11.0. The number of esters is 1. The smallest absolute Gasteiger partial charge is 0.337 e. The van der Waals surface area contributed by atoms with Crippen LogP contribution in [0.25, 0.3) is 0 Å². The quantitative estimate of drug-likeness (QED) is 0.842. The van der Waals surface area contributed by atoms with Gasteiger partial charge in [-0.3, -0.25) is 9.69 Å². The molecule has 1 atom stereocenters. The molecule has 0 bridgehead atoms. The van der Waals surface area contributed by atoms with Crippen LogP contribution < -0.4 is 5.32 Å². The maximum atomic E-state index is 14.2. The van der Waals surface area contributed by atoms with E-state index in [-0.39, 0.29) is 17.4 Å². The molecule has 5 nitrogen and oxygen atoms in total. The van der Waals surface area contributed by atoms with Gasteiger partial charge in [0.1, 0.15) is 5.82 Å². The molecule has 1 unspecified atom stereocenters. The highest BCUT2D eigenvalue weighted by atomic mass is 19.1. The molecule has 0 aliphatic carbocycles. The molecule has 2 rings (SSSR count). The molecule has 1 heterocycles. The minimum Gasteiger partial charge on any atom is -0.465 e. The van der Waals surface area contributed by atoms with Gasteiger partial charge in [-0.25, -0.2) is 9.18 Å². The zero-order chi connectivity index (χ0) is 16.8. The first-order valence-electron chi connectivity index (χ1n) is 7.92. The minimum atomic E-state index is -0.551. The standard InChI is InChI=1S/C17H23FN2O3/c1-3-19-16(21)14-5-4-8-20(11-14)10-13-7-6-12(9-15(13)18)17(22)23-2/h6-7,9,14H,3-5,8,10-11H2,1-2H3,(H,19,21). The molecule has 0 saturated carbocycles. The molecule has 0 aromatic heterocycles. The molecule has 1 saturated heterocycles. The van der Waals surface area contributed by atoms with Gasteiger partial charge in [0, 0.05) is 25.2 Å². The van der Waals surface area contributed by atoms with Gasteiger partial charge in [0.15, 0.2) is 0 Å².